The van der Waals surface area contributed by atoms with Crippen LogP contribution in [0.15, 0.2) is 0 Å². The average molecular weight is 216 g/mol. The second kappa shape index (κ2) is 6.30. The fourth-order valence-corrected chi connectivity index (χ4v) is 1.91. The first kappa shape index (κ1) is 11.9. The van der Waals surface area contributed by atoms with E-state index in [4.69, 9.17) is 0 Å². The summed E-state index contributed by atoms with van der Waals surface area (Å²) in [6.07, 6.45) is 4.55. The molecular formula is C10H20N2OS. The van der Waals surface area contributed by atoms with Crippen LogP contribution in [0.1, 0.15) is 19.8 Å². The van der Waals surface area contributed by atoms with Crippen LogP contribution in [0.3, 0.4) is 0 Å². The number of rotatable bonds is 7. The van der Waals surface area contributed by atoms with Crippen LogP contribution in [0.2, 0.25) is 0 Å². The van der Waals surface area contributed by atoms with E-state index in [0.717, 1.165) is 12.3 Å². The van der Waals surface area contributed by atoms with Gasteiger partial charge in [-0.2, -0.15) is 11.8 Å². The van der Waals surface area contributed by atoms with E-state index in [1.54, 1.807) is 0 Å². The van der Waals surface area contributed by atoms with Crippen molar-refractivity contribution in [1.82, 2.24) is 10.6 Å². The molecule has 1 aliphatic carbocycles. The van der Waals surface area contributed by atoms with Crippen LogP contribution in [0, 0.1) is 5.92 Å². The van der Waals surface area contributed by atoms with E-state index in [9.17, 15) is 4.79 Å². The van der Waals surface area contributed by atoms with Gasteiger partial charge in [0.2, 0.25) is 5.91 Å². The van der Waals surface area contributed by atoms with Crippen LogP contribution in [-0.4, -0.2) is 37.0 Å². The lowest BCUT2D eigenvalue weighted by molar-refractivity contribution is -0.120. The van der Waals surface area contributed by atoms with Crippen LogP contribution >= 0.6 is 11.8 Å². The Hall–Kier alpha value is -0.220. The van der Waals surface area contributed by atoms with E-state index in [2.05, 4.69) is 23.8 Å². The van der Waals surface area contributed by atoms with Gasteiger partial charge in [0.15, 0.2) is 0 Å². The molecule has 1 atom stereocenters. The zero-order valence-corrected chi connectivity index (χ0v) is 9.82. The number of amides is 1. The van der Waals surface area contributed by atoms with Gasteiger partial charge in [-0.25, -0.2) is 0 Å². The highest BCUT2D eigenvalue weighted by atomic mass is 32.2. The fourth-order valence-electron chi connectivity index (χ4n) is 1.22. The zero-order chi connectivity index (χ0) is 10.4. The Morgan fingerprint density at radius 3 is 2.86 bits per heavy atom. The second-order valence-corrected chi connectivity index (χ2v) is 4.93. The summed E-state index contributed by atoms with van der Waals surface area (Å²) in [4.78, 5) is 11.3. The Bertz CT molecular complexity index is 183. The van der Waals surface area contributed by atoms with Crippen molar-refractivity contribution in [2.45, 2.75) is 25.8 Å². The van der Waals surface area contributed by atoms with Gasteiger partial charge in [0.05, 0.1) is 6.54 Å². The monoisotopic (exact) mass is 216 g/mol. The van der Waals surface area contributed by atoms with Crippen molar-refractivity contribution in [3.8, 4) is 0 Å². The maximum Gasteiger partial charge on any atom is 0.233 e. The van der Waals surface area contributed by atoms with Gasteiger partial charge in [0.1, 0.15) is 0 Å². The molecule has 14 heavy (non-hydrogen) atoms. The molecule has 2 N–H and O–H groups in total. The molecule has 1 fully saturated rings. The molecular weight excluding hydrogens is 196 g/mol. The molecule has 3 nitrogen and oxygen atoms in total. The van der Waals surface area contributed by atoms with Gasteiger partial charge in [-0.1, -0.05) is 6.92 Å². The molecule has 1 unspecified atom stereocenters. The molecule has 1 saturated carbocycles. The molecule has 0 saturated heterocycles. The summed E-state index contributed by atoms with van der Waals surface area (Å²) in [5.41, 5.74) is 0. The summed E-state index contributed by atoms with van der Waals surface area (Å²) in [6.45, 7) is 3.44. The minimum atomic E-state index is 0.129. The third kappa shape index (κ3) is 5.50. The first-order valence-electron chi connectivity index (χ1n) is 5.21. The Balaban J connectivity index is 1.95. The van der Waals surface area contributed by atoms with Crippen molar-refractivity contribution in [2.24, 2.45) is 5.92 Å². The van der Waals surface area contributed by atoms with Crippen molar-refractivity contribution in [1.29, 1.82) is 0 Å². The molecule has 1 amide bonds. The van der Waals surface area contributed by atoms with Crippen molar-refractivity contribution < 1.29 is 4.79 Å². The van der Waals surface area contributed by atoms with E-state index in [1.807, 2.05) is 11.8 Å². The maximum absolute atomic E-state index is 11.3. The molecule has 0 aliphatic heterocycles. The Morgan fingerprint density at radius 1 is 1.57 bits per heavy atom. The van der Waals surface area contributed by atoms with E-state index in [-0.39, 0.29) is 5.91 Å². The van der Waals surface area contributed by atoms with Gasteiger partial charge in [-0.15, -0.1) is 0 Å². The van der Waals surface area contributed by atoms with Gasteiger partial charge < -0.3 is 10.6 Å². The molecule has 4 heteroatoms. The van der Waals surface area contributed by atoms with Gasteiger partial charge in [0, 0.05) is 12.6 Å². The predicted octanol–water partition coefficient (Wildman–Crippen LogP) is 0.854. The predicted molar refractivity (Wildman–Crippen MR) is 61.6 cm³/mol. The first-order chi connectivity index (χ1) is 6.72. The van der Waals surface area contributed by atoms with Crippen LogP contribution in [0.25, 0.3) is 0 Å². The molecule has 0 bridgehead atoms. The lowest BCUT2D eigenvalue weighted by Crippen LogP contribution is -2.37. The minimum Gasteiger partial charge on any atom is -0.355 e. The number of thioether (sulfide) groups is 1. The van der Waals surface area contributed by atoms with Gasteiger partial charge >= 0.3 is 0 Å². The van der Waals surface area contributed by atoms with Crippen LogP contribution in [-0.2, 0) is 4.79 Å². The Labute approximate surface area is 90.4 Å². The first-order valence-corrected chi connectivity index (χ1v) is 6.60. The van der Waals surface area contributed by atoms with E-state index < -0.39 is 0 Å². The molecule has 0 radical (unpaired) electrons. The van der Waals surface area contributed by atoms with Crippen molar-refractivity contribution in [3.05, 3.63) is 0 Å². The lowest BCUT2D eigenvalue weighted by Gasteiger charge is -2.11. The molecule has 0 aromatic carbocycles. The van der Waals surface area contributed by atoms with E-state index in [0.29, 0.717) is 18.5 Å². The van der Waals surface area contributed by atoms with Crippen LogP contribution < -0.4 is 10.6 Å². The summed E-state index contributed by atoms with van der Waals surface area (Å²) in [5, 5.41) is 6.13. The van der Waals surface area contributed by atoms with Crippen molar-refractivity contribution in [3.63, 3.8) is 0 Å². The SMILES string of the molecule is CSCC(C)CNC(=O)CNC1CC1. The normalized spacial score (nSPS) is 17.9. The van der Waals surface area contributed by atoms with Crippen molar-refractivity contribution >= 4 is 17.7 Å². The minimum absolute atomic E-state index is 0.129. The highest BCUT2D eigenvalue weighted by Gasteiger charge is 2.20. The Kier molecular flexibility index (Phi) is 5.33. The summed E-state index contributed by atoms with van der Waals surface area (Å²) in [7, 11) is 0. The third-order valence-corrected chi connectivity index (χ3v) is 3.13. The molecule has 0 aromatic heterocycles. The highest BCUT2D eigenvalue weighted by molar-refractivity contribution is 7.98. The molecule has 0 aromatic rings. The molecule has 82 valence electrons. The quantitative estimate of drug-likeness (QED) is 0.663. The van der Waals surface area contributed by atoms with E-state index in [1.165, 1.54) is 12.8 Å². The average Bonchev–Trinajstić information content (AvgIpc) is 2.95. The summed E-state index contributed by atoms with van der Waals surface area (Å²) in [6, 6.07) is 0.615. The number of nitrogens with one attached hydrogen (secondary N) is 2. The second-order valence-electron chi connectivity index (χ2n) is 4.02. The summed E-state index contributed by atoms with van der Waals surface area (Å²) >= 11 is 1.82. The number of carbonyl (C=O) groups is 1. The summed E-state index contributed by atoms with van der Waals surface area (Å²) in [5.74, 6) is 1.80. The smallest absolute Gasteiger partial charge is 0.233 e. The fraction of sp³-hybridized carbons (Fsp3) is 0.900. The largest absolute Gasteiger partial charge is 0.355 e. The van der Waals surface area contributed by atoms with Gasteiger partial charge in [0.25, 0.3) is 0 Å². The van der Waals surface area contributed by atoms with Crippen molar-refractivity contribution in [2.75, 3.05) is 25.1 Å². The number of carbonyl (C=O) groups excluding carboxylic acids is 1. The molecule has 0 spiro atoms. The van der Waals surface area contributed by atoms with E-state index >= 15 is 0 Å². The molecule has 1 rings (SSSR count). The standard InChI is InChI=1S/C10H20N2OS/c1-8(7-14-2)5-12-10(13)6-11-9-3-4-9/h8-9,11H,3-7H2,1-2H3,(H,12,13). The maximum atomic E-state index is 11.3. The third-order valence-electron chi connectivity index (χ3n) is 2.23. The van der Waals surface area contributed by atoms with Gasteiger partial charge in [-0.05, 0) is 30.8 Å². The molecule has 0 heterocycles. The highest BCUT2D eigenvalue weighted by Crippen LogP contribution is 2.17. The van der Waals surface area contributed by atoms with Crippen LogP contribution in [0.5, 0.6) is 0 Å². The lowest BCUT2D eigenvalue weighted by atomic mass is 10.2. The zero-order valence-electron chi connectivity index (χ0n) is 9.01. The Morgan fingerprint density at radius 2 is 2.29 bits per heavy atom. The molecule has 1 aliphatic rings. The topological polar surface area (TPSA) is 41.1 Å². The number of hydrogen-bond donors (Lipinski definition) is 2. The number of hydrogen-bond acceptors (Lipinski definition) is 3. The van der Waals surface area contributed by atoms with Crippen LogP contribution in [0.4, 0.5) is 0 Å². The van der Waals surface area contributed by atoms with Gasteiger partial charge in [-0.3, -0.25) is 4.79 Å². The summed E-state index contributed by atoms with van der Waals surface area (Å²) < 4.78 is 0.